The van der Waals surface area contributed by atoms with Crippen LogP contribution < -0.4 is 5.56 Å². The fourth-order valence-corrected chi connectivity index (χ4v) is 3.32. The highest BCUT2D eigenvalue weighted by Crippen LogP contribution is 2.23. The number of nitriles is 1. The first-order valence-electron chi connectivity index (χ1n) is 7.77. The SMILES string of the molecule is N#Cc1c(-c2ccccc2)nc(SCn2nnc3ccccc32)[nH]c1=O. The zero-order valence-corrected chi connectivity index (χ0v) is 14.3. The molecule has 7 nitrogen and oxygen atoms in total. The lowest BCUT2D eigenvalue weighted by Crippen LogP contribution is -2.15. The highest BCUT2D eigenvalue weighted by atomic mass is 32.2. The highest BCUT2D eigenvalue weighted by molar-refractivity contribution is 7.98. The molecule has 2 aromatic heterocycles. The summed E-state index contributed by atoms with van der Waals surface area (Å²) in [5.41, 5.74) is 2.36. The summed E-state index contributed by atoms with van der Waals surface area (Å²) in [7, 11) is 0. The minimum atomic E-state index is -0.452. The van der Waals surface area contributed by atoms with Crippen LogP contribution in [0.1, 0.15) is 5.56 Å². The molecule has 2 heterocycles. The first-order chi connectivity index (χ1) is 12.8. The van der Waals surface area contributed by atoms with Gasteiger partial charge in [0.2, 0.25) is 0 Å². The van der Waals surface area contributed by atoms with Gasteiger partial charge in [-0.25, -0.2) is 9.67 Å². The minimum Gasteiger partial charge on any atom is -0.300 e. The van der Waals surface area contributed by atoms with E-state index in [9.17, 15) is 10.1 Å². The van der Waals surface area contributed by atoms with E-state index in [4.69, 9.17) is 0 Å². The Bertz CT molecular complexity index is 1180. The Balaban J connectivity index is 1.68. The number of H-pyrrole nitrogens is 1. The Labute approximate surface area is 152 Å². The van der Waals surface area contributed by atoms with Gasteiger partial charge in [-0.05, 0) is 12.1 Å². The van der Waals surface area contributed by atoms with E-state index >= 15 is 0 Å². The molecule has 0 aliphatic carbocycles. The van der Waals surface area contributed by atoms with Gasteiger partial charge in [0, 0.05) is 5.56 Å². The summed E-state index contributed by atoms with van der Waals surface area (Å²) >= 11 is 1.32. The fourth-order valence-electron chi connectivity index (χ4n) is 2.56. The molecule has 26 heavy (non-hydrogen) atoms. The predicted molar refractivity (Wildman–Crippen MR) is 98.4 cm³/mol. The molecule has 126 valence electrons. The molecule has 2 aromatic carbocycles. The number of rotatable bonds is 4. The first kappa shape index (κ1) is 16.1. The smallest absolute Gasteiger partial charge is 0.270 e. The topological polar surface area (TPSA) is 100 Å². The van der Waals surface area contributed by atoms with Crippen LogP contribution in [0.15, 0.2) is 64.5 Å². The average molecular weight is 360 g/mol. The van der Waals surface area contributed by atoms with Crippen LogP contribution >= 0.6 is 11.8 Å². The van der Waals surface area contributed by atoms with Crippen molar-refractivity contribution in [2.24, 2.45) is 0 Å². The van der Waals surface area contributed by atoms with Gasteiger partial charge in [0.05, 0.1) is 17.1 Å². The monoisotopic (exact) mass is 360 g/mol. The molecule has 0 saturated carbocycles. The van der Waals surface area contributed by atoms with Crippen molar-refractivity contribution in [2.75, 3.05) is 0 Å². The van der Waals surface area contributed by atoms with Crippen LogP contribution in [0.4, 0.5) is 0 Å². The van der Waals surface area contributed by atoms with E-state index in [0.717, 1.165) is 16.6 Å². The molecular formula is C18H12N6OS. The summed E-state index contributed by atoms with van der Waals surface area (Å²) in [6, 6.07) is 18.8. The van der Waals surface area contributed by atoms with E-state index in [1.165, 1.54) is 11.8 Å². The maximum atomic E-state index is 12.3. The Morgan fingerprint density at radius 3 is 2.69 bits per heavy atom. The van der Waals surface area contributed by atoms with Gasteiger partial charge in [0.25, 0.3) is 5.56 Å². The standard InChI is InChI=1S/C18H12N6OS/c19-10-13-16(12-6-2-1-3-7-12)20-18(21-17(13)25)26-11-24-15-9-5-4-8-14(15)22-23-24/h1-9H,11H2,(H,20,21,25). The number of aromatic amines is 1. The molecule has 0 amide bonds. The molecule has 0 bridgehead atoms. The highest BCUT2D eigenvalue weighted by Gasteiger charge is 2.14. The van der Waals surface area contributed by atoms with E-state index < -0.39 is 5.56 Å². The maximum absolute atomic E-state index is 12.3. The number of nitrogens with one attached hydrogen (secondary N) is 1. The van der Waals surface area contributed by atoms with Crippen molar-refractivity contribution in [3.05, 3.63) is 70.5 Å². The van der Waals surface area contributed by atoms with Gasteiger partial charge in [0.1, 0.15) is 17.1 Å². The number of para-hydroxylation sites is 1. The molecule has 0 aliphatic rings. The van der Waals surface area contributed by atoms with Crippen molar-refractivity contribution in [3.63, 3.8) is 0 Å². The number of nitrogens with zero attached hydrogens (tertiary/aromatic N) is 5. The van der Waals surface area contributed by atoms with E-state index in [1.54, 1.807) is 4.68 Å². The third kappa shape index (κ3) is 2.96. The van der Waals surface area contributed by atoms with Gasteiger partial charge >= 0.3 is 0 Å². The van der Waals surface area contributed by atoms with Crippen LogP contribution in [0.2, 0.25) is 0 Å². The lowest BCUT2D eigenvalue weighted by Gasteiger charge is -2.06. The van der Waals surface area contributed by atoms with E-state index in [-0.39, 0.29) is 5.56 Å². The predicted octanol–water partition coefficient (Wildman–Crippen LogP) is 2.80. The Morgan fingerprint density at radius 1 is 1.12 bits per heavy atom. The van der Waals surface area contributed by atoms with E-state index in [1.807, 2.05) is 60.7 Å². The number of hydrogen-bond donors (Lipinski definition) is 1. The van der Waals surface area contributed by atoms with Crippen LogP contribution in [-0.4, -0.2) is 25.0 Å². The minimum absolute atomic E-state index is 0.00626. The Morgan fingerprint density at radius 2 is 1.88 bits per heavy atom. The van der Waals surface area contributed by atoms with Gasteiger partial charge in [-0.1, -0.05) is 59.4 Å². The molecule has 8 heteroatoms. The van der Waals surface area contributed by atoms with Crippen molar-refractivity contribution >= 4 is 22.8 Å². The number of fused-ring (bicyclic) bond motifs is 1. The van der Waals surface area contributed by atoms with Crippen LogP contribution in [0.3, 0.4) is 0 Å². The van der Waals surface area contributed by atoms with Crippen molar-refractivity contribution in [3.8, 4) is 17.3 Å². The zero-order chi connectivity index (χ0) is 17.9. The van der Waals surface area contributed by atoms with E-state index in [2.05, 4.69) is 20.3 Å². The fraction of sp³-hybridized carbons (Fsp3) is 0.0556. The van der Waals surface area contributed by atoms with Gasteiger partial charge < -0.3 is 4.98 Å². The molecule has 0 saturated heterocycles. The van der Waals surface area contributed by atoms with Gasteiger partial charge in [-0.2, -0.15) is 5.26 Å². The molecule has 0 spiro atoms. The zero-order valence-electron chi connectivity index (χ0n) is 13.5. The third-order valence-electron chi connectivity index (χ3n) is 3.80. The van der Waals surface area contributed by atoms with Gasteiger partial charge in [-0.3, -0.25) is 4.79 Å². The largest absolute Gasteiger partial charge is 0.300 e. The number of hydrogen-bond acceptors (Lipinski definition) is 6. The molecule has 0 aliphatic heterocycles. The Kier molecular flexibility index (Phi) is 4.21. The van der Waals surface area contributed by atoms with Crippen molar-refractivity contribution in [1.29, 1.82) is 5.26 Å². The van der Waals surface area contributed by atoms with Crippen molar-refractivity contribution in [1.82, 2.24) is 25.0 Å². The molecule has 4 aromatic rings. The third-order valence-corrected chi connectivity index (χ3v) is 4.64. The van der Waals surface area contributed by atoms with Crippen molar-refractivity contribution < 1.29 is 0 Å². The molecule has 0 unspecified atom stereocenters. The number of aromatic nitrogens is 5. The summed E-state index contributed by atoms with van der Waals surface area (Å²) in [5.74, 6) is 0.434. The van der Waals surface area contributed by atoms with Crippen LogP contribution in [0, 0.1) is 11.3 Å². The summed E-state index contributed by atoms with van der Waals surface area (Å²) in [5, 5.41) is 18.0. The summed E-state index contributed by atoms with van der Waals surface area (Å²) in [6.07, 6.45) is 0. The second-order valence-electron chi connectivity index (χ2n) is 5.42. The van der Waals surface area contributed by atoms with Crippen LogP contribution in [-0.2, 0) is 5.88 Å². The number of benzene rings is 2. The Hall–Kier alpha value is -3.44. The van der Waals surface area contributed by atoms with Gasteiger partial charge in [-0.15, -0.1) is 5.10 Å². The second kappa shape index (κ2) is 6.82. The lowest BCUT2D eigenvalue weighted by molar-refractivity contribution is 0.720. The molecule has 1 N–H and O–H groups in total. The lowest BCUT2D eigenvalue weighted by atomic mass is 10.1. The molecular weight excluding hydrogens is 348 g/mol. The summed E-state index contributed by atoms with van der Waals surface area (Å²) in [6.45, 7) is 0. The normalized spacial score (nSPS) is 10.7. The van der Waals surface area contributed by atoms with Crippen molar-refractivity contribution in [2.45, 2.75) is 11.0 Å². The molecule has 0 fully saturated rings. The summed E-state index contributed by atoms with van der Waals surface area (Å²) < 4.78 is 1.74. The van der Waals surface area contributed by atoms with Gasteiger partial charge in [0.15, 0.2) is 5.16 Å². The molecule has 4 rings (SSSR count). The van der Waals surface area contributed by atoms with Crippen LogP contribution in [0.5, 0.6) is 0 Å². The van der Waals surface area contributed by atoms with Crippen LogP contribution in [0.25, 0.3) is 22.3 Å². The summed E-state index contributed by atoms with van der Waals surface area (Å²) in [4.78, 5) is 19.4. The second-order valence-corrected chi connectivity index (χ2v) is 6.36. The molecule has 0 atom stereocenters. The van der Waals surface area contributed by atoms with E-state index in [0.29, 0.717) is 16.7 Å². The maximum Gasteiger partial charge on any atom is 0.270 e. The quantitative estimate of drug-likeness (QED) is 0.444. The average Bonchev–Trinajstić information content (AvgIpc) is 3.10. The number of thioether (sulfide) groups is 1. The molecule has 0 radical (unpaired) electrons. The first-order valence-corrected chi connectivity index (χ1v) is 8.75.